The van der Waals surface area contributed by atoms with E-state index >= 15 is 0 Å². The first-order valence-electron chi connectivity index (χ1n) is 8.17. The molecule has 3 nitrogen and oxygen atoms in total. The van der Waals surface area contributed by atoms with E-state index in [1.807, 2.05) is 12.1 Å². The Morgan fingerprint density at radius 2 is 1.91 bits per heavy atom. The second-order valence-corrected chi connectivity index (χ2v) is 6.42. The molecule has 0 unspecified atom stereocenters. The van der Waals surface area contributed by atoms with Gasteiger partial charge in [0.2, 0.25) is 0 Å². The normalized spacial score (nSPS) is 17.9. The van der Waals surface area contributed by atoms with Gasteiger partial charge in [0.05, 0.1) is 11.6 Å². The van der Waals surface area contributed by atoms with Gasteiger partial charge in [-0.25, -0.2) is 0 Å². The molecule has 0 amide bonds. The highest BCUT2D eigenvalue weighted by Gasteiger charge is 2.26. The molecule has 0 bridgehead atoms. The number of likely N-dealkylation sites (tertiary alicyclic amines) is 1. The monoisotopic (exact) mass is 305 g/mol. The van der Waals surface area contributed by atoms with Crippen LogP contribution in [0.1, 0.15) is 23.1 Å². The van der Waals surface area contributed by atoms with Gasteiger partial charge in [-0.05, 0) is 62.3 Å². The maximum Gasteiger partial charge on any atom is 0.0991 e. The molecule has 2 aromatic carbocycles. The predicted octanol–water partition coefficient (Wildman–Crippen LogP) is 3.58. The summed E-state index contributed by atoms with van der Waals surface area (Å²) in [5.74, 6) is 0. The number of hydrogen-bond acceptors (Lipinski definition) is 3. The zero-order chi connectivity index (χ0) is 16.2. The zero-order valence-electron chi connectivity index (χ0n) is 13.9. The molecular formula is C20H23N3. The van der Waals surface area contributed by atoms with Crippen LogP contribution in [-0.2, 0) is 6.54 Å². The average Bonchev–Trinajstić information content (AvgIpc) is 3.00. The van der Waals surface area contributed by atoms with Gasteiger partial charge in [0.1, 0.15) is 0 Å². The molecule has 1 heterocycles. The van der Waals surface area contributed by atoms with Crippen molar-refractivity contribution in [3.05, 3.63) is 65.2 Å². The SMILES string of the molecule is Cc1ccccc1CN(c1ccc(C#N)cc1)[C@H]1CCN(C)C1. The summed E-state index contributed by atoms with van der Waals surface area (Å²) in [6.07, 6.45) is 1.18. The second-order valence-electron chi connectivity index (χ2n) is 6.42. The van der Waals surface area contributed by atoms with Gasteiger partial charge in [0.25, 0.3) is 0 Å². The molecule has 0 N–H and O–H groups in total. The van der Waals surface area contributed by atoms with Gasteiger partial charge in [-0.15, -0.1) is 0 Å². The number of benzene rings is 2. The smallest absolute Gasteiger partial charge is 0.0991 e. The summed E-state index contributed by atoms with van der Waals surface area (Å²) < 4.78 is 0. The van der Waals surface area contributed by atoms with Crippen LogP contribution in [0.5, 0.6) is 0 Å². The van der Waals surface area contributed by atoms with Crippen LogP contribution in [0, 0.1) is 18.3 Å². The Balaban J connectivity index is 1.90. The van der Waals surface area contributed by atoms with Gasteiger partial charge in [0.15, 0.2) is 0 Å². The highest BCUT2D eigenvalue weighted by Crippen LogP contribution is 2.26. The molecule has 23 heavy (non-hydrogen) atoms. The summed E-state index contributed by atoms with van der Waals surface area (Å²) in [6.45, 7) is 5.32. The fourth-order valence-corrected chi connectivity index (χ4v) is 3.30. The van der Waals surface area contributed by atoms with E-state index in [0.29, 0.717) is 11.6 Å². The third kappa shape index (κ3) is 3.55. The highest BCUT2D eigenvalue weighted by molar-refractivity contribution is 5.51. The Hall–Kier alpha value is -2.31. The van der Waals surface area contributed by atoms with Crippen LogP contribution in [0.2, 0.25) is 0 Å². The van der Waals surface area contributed by atoms with E-state index in [-0.39, 0.29) is 0 Å². The highest BCUT2D eigenvalue weighted by atomic mass is 15.2. The van der Waals surface area contributed by atoms with Crippen molar-refractivity contribution < 1.29 is 0 Å². The topological polar surface area (TPSA) is 30.3 Å². The third-order valence-corrected chi connectivity index (χ3v) is 4.74. The summed E-state index contributed by atoms with van der Waals surface area (Å²) in [7, 11) is 2.19. The molecule has 3 rings (SSSR count). The molecule has 1 aliphatic heterocycles. The van der Waals surface area contributed by atoms with Crippen LogP contribution in [-0.4, -0.2) is 31.1 Å². The number of aryl methyl sites for hydroxylation is 1. The van der Waals surface area contributed by atoms with Gasteiger partial charge >= 0.3 is 0 Å². The lowest BCUT2D eigenvalue weighted by Gasteiger charge is -2.32. The van der Waals surface area contributed by atoms with Crippen molar-refractivity contribution in [1.29, 1.82) is 5.26 Å². The first-order chi connectivity index (χ1) is 11.2. The van der Waals surface area contributed by atoms with Crippen LogP contribution in [0.25, 0.3) is 0 Å². The van der Waals surface area contributed by atoms with Gasteiger partial charge in [-0.2, -0.15) is 5.26 Å². The fourth-order valence-electron chi connectivity index (χ4n) is 3.30. The lowest BCUT2D eigenvalue weighted by atomic mass is 10.1. The summed E-state index contributed by atoms with van der Waals surface area (Å²) >= 11 is 0. The van der Waals surface area contributed by atoms with Crippen molar-refractivity contribution in [2.24, 2.45) is 0 Å². The largest absolute Gasteiger partial charge is 0.363 e. The minimum atomic E-state index is 0.521. The first-order valence-corrected chi connectivity index (χ1v) is 8.17. The van der Waals surface area contributed by atoms with Crippen molar-refractivity contribution in [2.45, 2.75) is 25.9 Å². The molecule has 1 saturated heterocycles. The van der Waals surface area contributed by atoms with Crippen LogP contribution in [0.15, 0.2) is 48.5 Å². The molecule has 0 spiro atoms. The summed E-state index contributed by atoms with van der Waals surface area (Å²) in [5, 5.41) is 9.01. The first kappa shape index (κ1) is 15.6. The molecule has 0 aliphatic carbocycles. The molecule has 1 aliphatic rings. The third-order valence-electron chi connectivity index (χ3n) is 4.74. The quantitative estimate of drug-likeness (QED) is 0.865. The van der Waals surface area contributed by atoms with Gasteiger partial charge in [-0.1, -0.05) is 24.3 Å². The summed E-state index contributed by atoms with van der Waals surface area (Å²) in [4.78, 5) is 4.88. The van der Waals surface area contributed by atoms with Crippen molar-refractivity contribution >= 4 is 5.69 Å². The van der Waals surface area contributed by atoms with E-state index in [2.05, 4.69) is 66.2 Å². The lowest BCUT2D eigenvalue weighted by molar-refractivity contribution is 0.407. The van der Waals surface area contributed by atoms with Crippen molar-refractivity contribution in [3.8, 4) is 6.07 Å². The number of nitriles is 1. The molecule has 1 fully saturated rings. The number of anilines is 1. The number of rotatable bonds is 4. The van der Waals surface area contributed by atoms with Gasteiger partial charge in [-0.3, -0.25) is 0 Å². The predicted molar refractivity (Wildman–Crippen MR) is 94.4 cm³/mol. The maximum atomic E-state index is 9.01. The molecule has 0 radical (unpaired) electrons. The van der Waals surface area contributed by atoms with E-state index in [0.717, 1.165) is 19.6 Å². The molecule has 0 aromatic heterocycles. The minimum Gasteiger partial charge on any atom is -0.363 e. The van der Waals surface area contributed by atoms with E-state index in [4.69, 9.17) is 5.26 Å². The Morgan fingerprint density at radius 3 is 2.52 bits per heavy atom. The molecule has 3 heteroatoms. The molecule has 2 aromatic rings. The minimum absolute atomic E-state index is 0.521. The van der Waals surface area contributed by atoms with Crippen molar-refractivity contribution in [1.82, 2.24) is 4.90 Å². The Bertz CT molecular complexity index is 700. The fraction of sp³-hybridized carbons (Fsp3) is 0.350. The van der Waals surface area contributed by atoms with Crippen LogP contribution >= 0.6 is 0 Å². The Morgan fingerprint density at radius 1 is 1.17 bits per heavy atom. The number of likely N-dealkylation sites (N-methyl/N-ethyl adjacent to an activating group) is 1. The summed E-state index contributed by atoms with van der Waals surface area (Å²) in [6, 6.07) is 19.3. The number of nitrogens with zero attached hydrogens (tertiary/aromatic N) is 3. The second kappa shape index (κ2) is 6.85. The maximum absolute atomic E-state index is 9.01. The van der Waals surface area contributed by atoms with Gasteiger partial charge in [0, 0.05) is 24.8 Å². The molecular weight excluding hydrogens is 282 g/mol. The average molecular weight is 305 g/mol. The molecule has 0 saturated carbocycles. The van der Waals surface area contributed by atoms with E-state index < -0.39 is 0 Å². The zero-order valence-corrected chi connectivity index (χ0v) is 13.9. The van der Waals surface area contributed by atoms with Gasteiger partial charge < -0.3 is 9.80 Å². The lowest BCUT2D eigenvalue weighted by Crippen LogP contribution is -2.36. The van der Waals surface area contributed by atoms with E-state index in [1.54, 1.807) is 0 Å². The Labute approximate surface area is 138 Å². The van der Waals surface area contributed by atoms with Crippen LogP contribution < -0.4 is 4.90 Å². The summed E-state index contributed by atoms with van der Waals surface area (Å²) in [5.41, 5.74) is 4.62. The van der Waals surface area contributed by atoms with Crippen molar-refractivity contribution in [2.75, 3.05) is 25.0 Å². The standard InChI is InChI=1S/C20H23N3/c1-16-5-3-4-6-18(16)14-23(20-11-12-22(2)15-20)19-9-7-17(13-21)8-10-19/h3-10,20H,11-12,14-15H2,1-2H3/t20-/m0/s1. The van der Waals surface area contributed by atoms with Crippen LogP contribution in [0.4, 0.5) is 5.69 Å². The molecule has 118 valence electrons. The van der Waals surface area contributed by atoms with E-state index in [1.165, 1.54) is 23.2 Å². The van der Waals surface area contributed by atoms with Crippen molar-refractivity contribution in [3.63, 3.8) is 0 Å². The molecule has 1 atom stereocenters. The van der Waals surface area contributed by atoms with E-state index in [9.17, 15) is 0 Å². The van der Waals surface area contributed by atoms with Crippen LogP contribution in [0.3, 0.4) is 0 Å². The Kier molecular flexibility index (Phi) is 4.64. The number of hydrogen-bond donors (Lipinski definition) is 0.